The summed E-state index contributed by atoms with van der Waals surface area (Å²) in [5.41, 5.74) is 1.38. The third-order valence-electron chi connectivity index (χ3n) is 2.53. The number of aromatic nitrogens is 1. The van der Waals surface area contributed by atoms with Crippen LogP contribution in [-0.4, -0.2) is 21.6 Å². The lowest BCUT2D eigenvalue weighted by Gasteiger charge is -1.98. The van der Waals surface area contributed by atoms with Crippen LogP contribution >= 0.6 is 15.9 Å². The second-order valence-electron chi connectivity index (χ2n) is 3.78. The maximum Gasteiger partial charge on any atom is 0.307 e. The van der Waals surface area contributed by atoms with Gasteiger partial charge in [0.1, 0.15) is 0 Å². The highest BCUT2D eigenvalue weighted by Crippen LogP contribution is 2.25. The molecule has 17 heavy (non-hydrogen) atoms. The monoisotopic (exact) mass is 295 g/mol. The Morgan fingerprint density at radius 2 is 2.12 bits per heavy atom. The molecule has 5 heteroatoms. The van der Waals surface area contributed by atoms with Crippen molar-refractivity contribution in [3.8, 4) is 0 Å². The molecule has 0 saturated heterocycles. The van der Waals surface area contributed by atoms with Gasteiger partial charge in [-0.2, -0.15) is 0 Å². The minimum atomic E-state index is -0.910. The first-order valence-corrected chi connectivity index (χ1v) is 5.80. The normalized spacial score (nSPS) is 10.7. The Hall–Kier alpha value is -1.62. The van der Waals surface area contributed by atoms with Crippen molar-refractivity contribution in [2.24, 2.45) is 0 Å². The highest BCUT2D eigenvalue weighted by atomic mass is 79.9. The molecule has 0 aliphatic carbocycles. The third-order valence-corrected chi connectivity index (χ3v) is 3.02. The average Bonchev–Trinajstić information content (AvgIpc) is 2.56. The standard InChI is InChI=1S/C12H10BrNO3/c1-7(15)14-6-8(4-12(16)17)10-5-9(13)2-3-11(10)14/h2-3,5-6H,4H2,1H3,(H,16,17). The van der Waals surface area contributed by atoms with E-state index in [1.165, 1.54) is 11.5 Å². The van der Waals surface area contributed by atoms with E-state index in [9.17, 15) is 9.59 Å². The van der Waals surface area contributed by atoms with Gasteiger partial charge in [-0.15, -0.1) is 0 Å². The molecule has 1 heterocycles. The Bertz CT molecular complexity index is 615. The number of hydrogen-bond donors (Lipinski definition) is 1. The number of carboxylic acids is 1. The maximum absolute atomic E-state index is 11.4. The molecule has 2 aromatic rings. The number of hydrogen-bond acceptors (Lipinski definition) is 2. The van der Waals surface area contributed by atoms with Gasteiger partial charge in [0.25, 0.3) is 0 Å². The molecule has 0 spiro atoms. The fraction of sp³-hybridized carbons (Fsp3) is 0.167. The zero-order chi connectivity index (χ0) is 12.6. The number of fused-ring (bicyclic) bond motifs is 1. The van der Waals surface area contributed by atoms with Crippen molar-refractivity contribution in [3.63, 3.8) is 0 Å². The largest absolute Gasteiger partial charge is 0.481 e. The van der Waals surface area contributed by atoms with Crippen LogP contribution in [-0.2, 0) is 11.2 Å². The lowest BCUT2D eigenvalue weighted by Crippen LogP contribution is -2.03. The molecule has 1 aromatic carbocycles. The van der Waals surface area contributed by atoms with Gasteiger partial charge in [0.05, 0.1) is 11.9 Å². The molecule has 4 nitrogen and oxygen atoms in total. The fourth-order valence-corrected chi connectivity index (χ4v) is 2.20. The summed E-state index contributed by atoms with van der Waals surface area (Å²) in [4.78, 5) is 22.2. The summed E-state index contributed by atoms with van der Waals surface area (Å²) in [6.45, 7) is 1.45. The molecule has 0 fully saturated rings. The second kappa shape index (κ2) is 4.33. The van der Waals surface area contributed by atoms with Crippen LogP contribution in [0.3, 0.4) is 0 Å². The molecule has 0 amide bonds. The Labute approximate surface area is 106 Å². The number of nitrogens with zero attached hydrogens (tertiary/aromatic N) is 1. The van der Waals surface area contributed by atoms with Crippen LogP contribution in [0.2, 0.25) is 0 Å². The molecular weight excluding hydrogens is 286 g/mol. The van der Waals surface area contributed by atoms with Crippen LogP contribution in [0.1, 0.15) is 17.3 Å². The first-order valence-electron chi connectivity index (χ1n) is 5.01. The van der Waals surface area contributed by atoms with Crippen molar-refractivity contribution >= 4 is 38.7 Å². The zero-order valence-corrected chi connectivity index (χ0v) is 10.7. The lowest BCUT2D eigenvalue weighted by atomic mass is 10.1. The summed E-state index contributed by atoms with van der Waals surface area (Å²) in [5, 5.41) is 9.63. The van der Waals surface area contributed by atoms with Crippen molar-refractivity contribution in [2.45, 2.75) is 13.3 Å². The fourth-order valence-electron chi connectivity index (χ4n) is 1.83. The van der Waals surface area contributed by atoms with E-state index in [0.717, 1.165) is 15.4 Å². The molecule has 0 saturated carbocycles. The van der Waals surface area contributed by atoms with E-state index < -0.39 is 5.97 Å². The lowest BCUT2D eigenvalue weighted by molar-refractivity contribution is -0.136. The van der Waals surface area contributed by atoms with Crippen LogP contribution in [0.4, 0.5) is 0 Å². The smallest absolute Gasteiger partial charge is 0.307 e. The minimum absolute atomic E-state index is 0.0900. The van der Waals surface area contributed by atoms with E-state index in [0.29, 0.717) is 5.56 Å². The van der Waals surface area contributed by atoms with Gasteiger partial charge in [0.2, 0.25) is 5.91 Å². The van der Waals surface area contributed by atoms with E-state index >= 15 is 0 Å². The first-order chi connectivity index (χ1) is 7.99. The van der Waals surface area contributed by atoms with E-state index in [2.05, 4.69) is 15.9 Å². The zero-order valence-electron chi connectivity index (χ0n) is 9.11. The summed E-state index contributed by atoms with van der Waals surface area (Å²) in [5.74, 6) is -1.04. The summed E-state index contributed by atoms with van der Waals surface area (Å²) >= 11 is 3.34. The number of rotatable bonds is 2. The van der Waals surface area contributed by atoms with Gasteiger partial charge in [0, 0.05) is 23.0 Å². The van der Waals surface area contributed by atoms with Crippen molar-refractivity contribution in [1.29, 1.82) is 0 Å². The molecule has 0 aliphatic rings. The second-order valence-corrected chi connectivity index (χ2v) is 4.69. The molecule has 2 rings (SSSR count). The number of benzene rings is 1. The number of halogens is 1. The summed E-state index contributed by atoms with van der Waals surface area (Å²) < 4.78 is 2.33. The highest BCUT2D eigenvalue weighted by Gasteiger charge is 2.13. The van der Waals surface area contributed by atoms with Gasteiger partial charge in [-0.1, -0.05) is 15.9 Å². The average molecular weight is 296 g/mol. The van der Waals surface area contributed by atoms with Gasteiger partial charge >= 0.3 is 5.97 Å². The topological polar surface area (TPSA) is 59.3 Å². The van der Waals surface area contributed by atoms with E-state index in [-0.39, 0.29) is 12.3 Å². The van der Waals surface area contributed by atoms with Crippen molar-refractivity contribution in [3.05, 3.63) is 34.4 Å². The molecule has 0 radical (unpaired) electrons. The van der Waals surface area contributed by atoms with Crippen molar-refractivity contribution in [1.82, 2.24) is 4.57 Å². The van der Waals surface area contributed by atoms with Crippen LogP contribution in [0.25, 0.3) is 10.9 Å². The van der Waals surface area contributed by atoms with E-state index in [1.54, 1.807) is 12.3 Å². The van der Waals surface area contributed by atoms with E-state index in [4.69, 9.17) is 5.11 Å². The molecular formula is C12H10BrNO3. The number of carbonyl (C=O) groups is 2. The van der Waals surface area contributed by atoms with Crippen LogP contribution < -0.4 is 0 Å². The van der Waals surface area contributed by atoms with Gasteiger partial charge in [-0.25, -0.2) is 0 Å². The molecule has 0 atom stereocenters. The quantitative estimate of drug-likeness (QED) is 0.927. The Morgan fingerprint density at radius 3 is 2.71 bits per heavy atom. The first kappa shape index (κ1) is 11.9. The molecule has 1 N–H and O–H groups in total. The summed E-state index contributed by atoms with van der Waals surface area (Å²) in [7, 11) is 0. The van der Waals surface area contributed by atoms with Gasteiger partial charge in [-0.3, -0.25) is 14.2 Å². The Balaban J connectivity index is 2.70. The number of carboxylic acid groups (broad SMARTS) is 1. The number of carbonyl (C=O) groups excluding carboxylic acids is 1. The molecule has 0 aliphatic heterocycles. The Morgan fingerprint density at radius 1 is 1.41 bits per heavy atom. The predicted octanol–water partition coefficient (Wildman–Crippen LogP) is 2.69. The third kappa shape index (κ3) is 2.24. The summed E-state index contributed by atoms with van der Waals surface area (Å²) in [6.07, 6.45) is 1.50. The SMILES string of the molecule is CC(=O)n1cc(CC(=O)O)c2cc(Br)ccc21. The predicted molar refractivity (Wildman–Crippen MR) is 67.3 cm³/mol. The number of aliphatic carboxylic acids is 1. The maximum atomic E-state index is 11.4. The molecule has 1 aromatic heterocycles. The van der Waals surface area contributed by atoms with Crippen molar-refractivity contribution < 1.29 is 14.7 Å². The highest BCUT2D eigenvalue weighted by molar-refractivity contribution is 9.10. The van der Waals surface area contributed by atoms with E-state index in [1.807, 2.05) is 12.1 Å². The van der Waals surface area contributed by atoms with Crippen molar-refractivity contribution in [2.75, 3.05) is 0 Å². The van der Waals surface area contributed by atoms with Gasteiger partial charge in [-0.05, 0) is 23.8 Å². The summed E-state index contributed by atoms with van der Waals surface area (Å²) in [6, 6.07) is 5.45. The van der Waals surface area contributed by atoms with Gasteiger partial charge in [0.15, 0.2) is 0 Å². The Kier molecular flexibility index (Phi) is 3.02. The van der Waals surface area contributed by atoms with Gasteiger partial charge < -0.3 is 5.11 Å². The van der Waals surface area contributed by atoms with Crippen LogP contribution in [0.15, 0.2) is 28.9 Å². The van der Waals surface area contributed by atoms with Crippen LogP contribution in [0, 0.1) is 0 Å². The molecule has 0 unspecified atom stereocenters. The minimum Gasteiger partial charge on any atom is -0.481 e. The molecule has 88 valence electrons. The van der Waals surface area contributed by atoms with Crippen LogP contribution in [0.5, 0.6) is 0 Å². The molecule has 0 bridgehead atoms.